The molecular formula is C19H21Cl2NS. The lowest BCUT2D eigenvalue weighted by Gasteiger charge is -2.49. The van der Waals surface area contributed by atoms with Crippen LogP contribution in [0.25, 0.3) is 0 Å². The third-order valence-electron chi connectivity index (χ3n) is 5.47. The fraction of sp³-hybridized carbons (Fsp3) is 0.368. The summed E-state index contributed by atoms with van der Waals surface area (Å²) in [5, 5.41) is 0.607. The predicted octanol–water partition coefficient (Wildman–Crippen LogP) is 5.76. The summed E-state index contributed by atoms with van der Waals surface area (Å²) in [7, 11) is 0. The van der Waals surface area contributed by atoms with Crippen LogP contribution in [0.2, 0.25) is 0 Å². The smallest absolute Gasteiger partial charge is 0.0561 e. The number of halogens is 2. The fourth-order valence-electron chi connectivity index (χ4n) is 4.29. The van der Waals surface area contributed by atoms with Crippen molar-refractivity contribution in [3.05, 3.63) is 70.8 Å². The highest BCUT2D eigenvalue weighted by atomic mass is 35.5. The molecule has 4 unspecified atom stereocenters. The lowest BCUT2D eigenvalue weighted by atomic mass is 9.59. The topological polar surface area (TPSA) is 3.24 Å². The largest absolute Gasteiger partial charge is 0.285 e. The van der Waals surface area contributed by atoms with E-state index in [1.54, 1.807) is 0 Å². The van der Waals surface area contributed by atoms with Crippen molar-refractivity contribution in [1.29, 1.82) is 0 Å². The molecule has 0 radical (unpaired) electrons. The van der Waals surface area contributed by atoms with Gasteiger partial charge in [0.15, 0.2) is 0 Å². The summed E-state index contributed by atoms with van der Waals surface area (Å²) in [6.45, 7) is 5.53. The van der Waals surface area contributed by atoms with E-state index in [4.69, 9.17) is 11.8 Å². The Labute approximate surface area is 154 Å². The van der Waals surface area contributed by atoms with Gasteiger partial charge >= 0.3 is 0 Å². The van der Waals surface area contributed by atoms with Crippen LogP contribution in [0.3, 0.4) is 0 Å². The zero-order valence-electron chi connectivity index (χ0n) is 13.3. The molecule has 0 saturated carbocycles. The van der Waals surface area contributed by atoms with E-state index in [0.717, 1.165) is 6.54 Å². The number of allylic oxidation sites excluding steroid dienone is 4. The maximum Gasteiger partial charge on any atom is 0.0561 e. The van der Waals surface area contributed by atoms with Crippen molar-refractivity contribution in [3.63, 3.8) is 0 Å². The Morgan fingerprint density at radius 1 is 1.22 bits per heavy atom. The first-order chi connectivity index (χ1) is 10.7. The number of hydrogen-bond acceptors (Lipinski definition) is 2. The van der Waals surface area contributed by atoms with Gasteiger partial charge in [0.2, 0.25) is 0 Å². The van der Waals surface area contributed by atoms with Crippen molar-refractivity contribution in [2.75, 3.05) is 6.54 Å². The summed E-state index contributed by atoms with van der Waals surface area (Å²) in [6, 6.07) is 10.9. The highest BCUT2D eigenvalue weighted by Gasteiger charge is 2.58. The van der Waals surface area contributed by atoms with Crippen LogP contribution in [0, 0.1) is 11.3 Å². The van der Waals surface area contributed by atoms with Gasteiger partial charge in [-0.15, -0.1) is 24.2 Å². The molecule has 1 saturated heterocycles. The van der Waals surface area contributed by atoms with Gasteiger partial charge < -0.3 is 0 Å². The second kappa shape index (κ2) is 6.23. The van der Waals surface area contributed by atoms with Crippen molar-refractivity contribution in [1.82, 2.24) is 4.42 Å². The summed E-state index contributed by atoms with van der Waals surface area (Å²) < 4.78 is 1.91. The van der Waals surface area contributed by atoms with Crippen LogP contribution in [0.4, 0.5) is 0 Å². The molecule has 4 atom stereocenters. The molecule has 4 heteroatoms. The minimum absolute atomic E-state index is 0. The molecule has 1 aromatic rings. The third-order valence-corrected chi connectivity index (χ3v) is 7.33. The molecule has 0 amide bonds. The molecule has 0 N–H and O–H groups in total. The molecule has 1 spiro atoms. The fourth-order valence-corrected chi connectivity index (χ4v) is 6.16. The molecule has 122 valence electrons. The van der Waals surface area contributed by atoms with Crippen LogP contribution in [0.15, 0.2) is 65.2 Å². The van der Waals surface area contributed by atoms with Gasteiger partial charge in [0, 0.05) is 28.6 Å². The minimum Gasteiger partial charge on any atom is -0.285 e. The van der Waals surface area contributed by atoms with Gasteiger partial charge in [0.1, 0.15) is 0 Å². The van der Waals surface area contributed by atoms with Gasteiger partial charge in [0.05, 0.1) is 12.0 Å². The summed E-state index contributed by atoms with van der Waals surface area (Å²) in [4.78, 5) is 1.51. The first kappa shape index (κ1) is 17.0. The van der Waals surface area contributed by atoms with Crippen LogP contribution in [0.5, 0.6) is 0 Å². The highest BCUT2D eigenvalue weighted by molar-refractivity contribution is 8.04. The second-order valence-electron chi connectivity index (χ2n) is 6.42. The molecule has 1 aliphatic carbocycles. The monoisotopic (exact) mass is 365 g/mol. The Kier molecular flexibility index (Phi) is 4.61. The average molecular weight is 366 g/mol. The first-order valence-electron chi connectivity index (χ1n) is 7.90. The third kappa shape index (κ3) is 2.30. The van der Waals surface area contributed by atoms with E-state index in [1.807, 2.05) is 16.2 Å². The van der Waals surface area contributed by atoms with Gasteiger partial charge in [-0.3, -0.25) is 4.42 Å². The molecule has 3 aliphatic rings. The summed E-state index contributed by atoms with van der Waals surface area (Å²) in [6.07, 6.45) is 9.09. The van der Waals surface area contributed by atoms with Crippen LogP contribution in [-0.4, -0.2) is 16.2 Å². The van der Waals surface area contributed by atoms with Crippen LogP contribution < -0.4 is 0 Å². The first-order valence-corrected chi connectivity index (χ1v) is 9.12. The van der Waals surface area contributed by atoms with Crippen molar-refractivity contribution >= 4 is 35.9 Å². The Bertz CT molecular complexity index is 682. The zero-order valence-corrected chi connectivity index (χ0v) is 15.7. The maximum atomic E-state index is 6.59. The SMILES string of the molecule is CC1SC2=CCN(Cl)C3=CC=CC(c4ccccc4)C23C1C.Cl. The van der Waals surface area contributed by atoms with Crippen LogP contribution >= 0.6 is 35.9 Å². The average Bonchev–Trinajstić information content (AvgIpc) is 2.80. The van der Waals surface area contributed by atoms with Crippen molar-refractivity contribution in [3.8, 4) is 0 Å². The van der Waals surface area contributed by atoms with E-state index < -0.39 is 0 Å². The van der Waals surface area contributed by atoms with E-state index in [9.17, 15) is 0 Å². The Morgan fingerprint density at radius 2 is 1.96 bits per heavy atom. The summed E-state index contributed by atoms with van der Waals surface area (Å²) >= 11 is 8.63. The zero-order chi connectivity index (χ0) is 15.3. The normalized spacial score (nSPS) is 34.9. The number of benzene rings is 1. The van der Waals surface area contributed by atoms with Gasteiger partial charge in [-0.2, -0.15) is 0 Å². The Hall–Kier alpha value is -0.830. The molecule has 0 aromatic heterocycles. The number of rotatable bonds is 1. The lowest BCUT2D eigenvalue weighted by molar-refractivity contribution is 0.226. The van der Waals surface area contributed by atoms with Gasteiger partial charge in [-0.05, 0) is 22.5 Å². The summed E-state index contributed by atoms with van der Waals surface area (Å²) in [5.41, 5.74) is 2.65. The second-order valence-corrected chi connectivity index (χ2v) is 8.25. The molecule has 4 rings (SSSR count). The summed E-state index contributed by atoms with van der Waals surface area (Å²) in [5.74, 6) is 0.903. The molecule has 1 nitrogen and oxygen atoms in total. The van der Waals surface area contributed by atoms with Gasteiger partial charge in [0.25, 0.3) is 0 Å². The highest BCUT2D eigenvalue weighted by Crippen LogP contribution is 2.67. The Morgan fingerprint density at radius 3 is 2.70 bits per heavy atom. The van der Waals surface area contributed by atoms with E-state index in [0.29, 0.717) is 17.1 Å². The predicted molar refractivity (Wildman–Crippen MR) is 103 cm³/mol. The quantitative estimate of drug-likeness (QED) is 0.582. The molecule has 2 heterocycles. The lowest BCUT2D eigenvalue weighted by Crippen LogP contribution is -2.44. The van der Waals surface area contributed by atoms with Crippen molar-refractivity contribution in [2.45, 2.75) is 25.0 Å². The number of hydrogen-bond donors (Lipinski definition) is 0. The van der Waals surface area contributed by atoms with Crippen LogP contribution in [-0.2, 0) is 0 Å². The maximum absolute atomic E-state index is 6.59. The number of nitrogens with zero attached hydrogens (tertiary/aromatic N) is 1. The number of thioether (sulfide) groups is 1. The standard InChI is InChI=1S/C19H20ClNS.ClH/c1-13-14(2)22-18-11-12-21(20)17-10-6-9-16(19(13,17)18)15-7-4-3-5-8-15;/h3-11,13-14,16H,12H2,1-2H3;1H. The molecular weight excluding hydrogens is 345 g/mol. The van der Waals surface area contributed by atoms with E-state index >= 15 is 0 Å². The van der Waals surface area contributed by atoms with E-state index in [2.05, 4.69) is 68.5 Å². The van der Waals surface area contributed by atoms with E-state index in [-0.39, 0.29) is 17.8 Å². The molecule has 1 aromatic carbocycles. The molecule has 1 fully saturated rings. The Balaban J connectivity index is 0.00000156. The van der Waals surface area contributed by atoms with Crippen LogP contribution in [0.1, 0.15) is 25.3 Å². The van der Waals surface area contributed by atoms with Crippen molar-refractivity contribution < 1.29 is 0 Å². The minimum atomic E-state index is 0. The van der Waals surface area contributed by atoms with Gasteiger partial charge in [-0.1, -0.05) is 62.4 Å². The van der Waals surface area contributed by atoms with E-state index in [1.165, 1.54) is 16.2 Å². The molecule has 2 aliphatic heterocycles. The molecule has 0 bridgehead atoms. The van der Waals surface area contributed by atoms with Crippen molar-refractivity contribution in [2.24, 2.45) is 11.3 Å². The van der Waals surface area contributed by atoms with Gasteiger partial charge in [-0.25, -0.2) is 0 Å². The molecule has 23 heavy (non-hydrogen) atoms.